The average Bonchev–Trinajstić information content (AvgIpc) is 2.93. The van der Waals surface area contributed by atoms with Crippen LogP contribution < -0.4 is 0 Å². The van der Waals surface area contributed by atoms with Gasteiger partial charge in [-0.1, -0.05) is 48.5 Å². The normalized spacial score (nSPS) is 13.4. The maximum Gasteiger partial charge on any atom is 0.336 e. The minimum atomic E-state index is -1.51. The molecule has 2 N–H and O–H groups in total. The van der Waals surface area contributed by atoms with E-state index in [1.165, 1.54) is 36.4 Å². The van der Waals surface area contributed by atoms with E-state index in [1.807, 2.05) is 0 Å². The summed E-state index contributed by atoms with van der Waals surface area (Å²) in [5, 5.41) is 20.2. The molecule has 0 aromatic heterocycles. The number of benzene rings is 4. The van der Waals surface area contributed by atoms with Crippen LogP contribution >= 0.6 is 0 Å². The molecule has 8 nitrogen and oxygen atoms in total. The van der Waals surface area contributed by atoms with Crippen LogP contribution in [0.4, 0.5) is 0 Å². The number of carboxylic acid groups (broad SMARTS) is 2. The topological polar surface area (TPSA) is 143 Å². The van der Waals surface area contributed by atoms with Gasteiger partial charge in [-0.25, -0.2) is 9.59 Å². The molecule has 0 bridgehead atoms. The van der Waals surface area contributed by atoms with Crippen LogP contribution in [0, 0.1) is 0 Å². The van der Waals surface area contributed by atoms with E-state index in [4.69, 9.17) is 0 Å². The van der Waals surface area contributed by atoms with E-state index in [2.05, 4.69) is 0 Å². The molecule has 0 spiro atoms. The molecule has 0 atom stereocenters. The number of carbonyl (C=O) groups is 6. The summed E-state index contributed by atoms with van der Waals surface area (Å²) in [5.41, 5.74) is -2.40. The predicted octanol–water partition coefficient (Wildman–Crippen LogP) is 4.30. The molecule has 0 unspecified atom stereocenters. The van der Waals surface area contributed by atoms with Crippen LogP contribution in [0.15, 0.2) is 72.8 Å². The molecule has 182 valence electrons. The summed E-state index contributed by atoms with van der Waals surface area (Å²) < 4.78 is 0. The lowest BCUT2D eigenvalue weighted by atomic mass is 9.74. The van der Waals surface area contributed by atoms with Gasteiger partial charge in [0.15, 0.2) is 23.1 Å². The van der Waals surface area contributed by atoms with Crippen molar-refractivity contribution in [3.63, 3.8) is 0 Å². The van der Waals surface area contributed by atoms with Crippen molar-refractivity contribution in [1.82, 2.24) is 0 Å². The van der Waals surface area contributed by atoms with Crippen molar-refractivity contribution < 1.29 is 39.0 Å². The van der Waals surface area contributed by atoms with Crippen molar-refractivity contribution in [2.45, 2.75) is 0 Å². The van der Waals surface area contributed by atoms with Crippen LogP contribution in [0.25, 0.3) is 11.1 Å². The lowest BCUT2D eigenvalue weighted by Crippen LogP contribution is -2.26. The van der Waals surface area contributed by atoms with E-state index < -0.39 is 57.3 Å². The second-order valence-electron chi connectivity index (χ2n) is 8.84. The molecule has 6 rings (SSSR count). The molecule has 4 aromatic rings. The molecule has 0 aliphatic heterocycles. The fourth-order valence-corrected chi connectivity index (χ4v) is 5.25. The molecule has 0 radical (unpaired) electrons. The summed E-state index contributed by atoms with van der Waals surface area (Å²) in [6.45, 7) is 0. The average molecular weight is 502 g/mol. The molecule has 2 aliphatic carbocycles. The van der Waals surface area contributed by atoms with E-state index >= 15 is 0 Å². The van der Waals surface area contributed by atoms with Gasteiger partial charge in [0.2, 0.25) is 0 Å². The standard InChI is InChI=1S/C30H14O8/c31-25-13-5-1-3-7-15(13)27(33)23-17(25)9-11-19(29(35)36)21(23)22-20(30(37)38)12-10-18-24(22)28(34)16-8-4-2-6-14(16)26(18)32/h1-12H,(H,35,36)(H,37,38). The van der Waals surface area contributed by atoms with Crippen molar-refractivity contribution in [3.8, 4) is 11.1 Å². The fourth-order valence-electron chi connectivity index (χ4n) is 5.25. The SMILES string of the molecule is O=C1c2ccccc2C(=O)c2c1ccc(C(=O)O)c2-c1c(C(=O)O)ccc2c1C(=O)c1ccccc1C2=O. The molecule has 4 aromatic carbocycles. The predicted molar refractivity (Wildman–Crippen MR) is 132 cm³/mol. The Labute approximate surface area is 213 Å². The van der Waals surface area contributed by atoms with Crippen LogP contribution in [-0.4, -0.2) is 45.3 Å². The van der Waals surface area contributed by atoms with Gasteiger partial charge in [0, 0.05) is 55.6 Å². The first-order valence-corrected chi connectivity index (χ1v) is 11.4. The molecule has 38 heavy (non-hydrogen) atoms. The van der Waals surface area contributed by atoms with Gasteiger partial charge < -0.3 is 10.2 Å². The van der Waals surface area contributed by atoms with Crippen LogP contribution in [0.5, 0.6) is 0 Å². The first-order valence-electron chi connectivity index (χ1n) is 11.4. The van der Waals surface area contributed by atoms with Crippen LogP contribution in [-0.2, 0) is 0 Å². The van der Waals surface area contributed by atoms with Crippen LogP contribution in [0.3, 0.4) is 0 Å². The molecule has 8 heteroatoms. The quantitative estimate of drug-likeness (QED) is 0.365. The molecule has 0 saturated heterocycles. The Morgan fingerprint density at radius 2 is 0.711 bits per heavy atom. The second-order valence-corrected chi connectivity index (χ2v) is 8.84. The number of aromatic carboxylic acids is 2. The van der Waals surface area contributed by atoms with Gasteiger partial charge >= 0.3 is 11.9 Å². The zero-order valence-electron chi connectivity index (χ0n) is 19.3. The third-order valence-electron chi connectivity index (χ3n) is 6.90. The summed E-state index contributed by atoms with van der Waals surface area (Å²) in [7, 11) is 0. The molecule has 2 aliphatic rings. The number of carboxylic acids is 2. The number of carbonyl (C=O) groups excluding carboxylic acids is 4. The van der Waals surface area contributed by atoms with Crippen molar-refractivity contribution >= 4 is 35.1 Å². The van der Waals surface area contributed by atoms with E-state index in [9.17, 15) is 39.0 Å². The zero-order chi connectivity index (χ0) is 26.9. The maximum atomic E-state index is 13.8. The minimum Gasteiger partial charge on any atom is -0.478 e. The van der Waals surface area contributed by atoms with E-state index in [0.717, 1.165) is 12.1 Å². The van der Waals surface area contributed by atoms with E-state index in [1.54, 1.807) is 24.3 Å². The summed E-state index contributed by atoms with van der Waals surface area (Å²) in [4.78, 5) is 79.1. The van der Waals surface area contributed by atoms with E-state index in [-0.39, 0.29) is 44.5 Å². The van der Waals surface area contributed by atoms with Crippen LogP contribution in [0.2, 0.25) is 0 Å². The molecule has 0 saturated carbocycles. The first kappa shape index (κ1) is 22.9. The monoisotopic (exact) mass is 502 g/mol. The van der Waals surface area contributed by atoms with Gasteiger partial charge in [0.05, 0.1) is 11.1 Å². The largest absolute Gasteiger partial charge is 0.478 e. The number of hydrogen-bond acceptors (Lipinski definition) is 6. The minimum absolute atomic E-state index is 0.0169. The van der Waals surface area contributed by atoms with Crippen molar-refractivity contribution in [2.24, 2.45) is 0 Å². The second kappa shape index (κ2) is 8.01. The Kier molecular flexibility index (Phi) is 4.83. The number of hydrogen-bond donors (Lipinski definition) is 2. The maximum absolute atomic E-state index is 13.8. The lowest BCUT2D eigenvalue weighted by Gasteiger charge is -2.26. The van der Waals surface area contributed by atoms with Gasteiger partial charge in [-0.05, 0) is 24.3 Å². The van der Waals surface area contributed by atoms with Crippen molar-refractivity contribution in [1.29, 1.82) is 0 Å². The number of rotatable bonds is 3. The van der Waals surface area contributed by atoms with Gasteiger partial charge in [-0.2, -0.15) is 0 Å². The highest BCUT2D eigenvalue weighted by molar-refractivity contribution is 6.35. The van der Waals surface area contributed by atoms with Gasteiger partial charge in [0.1, 0.15) is 0 Å². The third-order valence-corrected chi connectivity index (χ3v) is 6.90. The summed E-state index contributed by atoms with van der Waals surface area (Å²) in [6, 6.07) is 16.6. The highest BCUT2D eigenvalue weighted by Gasteiger charge is 2.39. The summed E-state index contributed by atoms with van der Waals surface area (Å²) in [6.07, 6.45) is 0. The van der Waals surface area contributed by atoms with Gasteiger partial charge in [-0.15, -0.1) is 0 Å². The Balaban J connectivity index is 1.79. The smallest absolute Gasteiger partial charge is 0.336 e. The Hall–Kier alpha value is -5.50. The number of ketones is 4. The van der Waals surface area contributed by atoms with Crippen molar-refractivity contribution in [3.05, 3.63) is 128 Å². The van der Waals surface area contributed by atoms with E-state index in [0.29, 0.717) is 0 Å². The van der Waals surface area contributed by atoms with Gasteiger partial charge in [-0.3, -0.25) is 19.2 Å². The first-order chi connectivity index (χ1) is 18.2. The molecular weight excluding hydrogens is 488 g/mol. The summed E-state index contributed by atoms with van der Waals surface area (Å²) in [5.74, 6) is -5.52. The third kappa shape index (κ3) is 2.97. The molecule has 0 amide bonds. The Morgan fingerprint density at radius 1 is 0.395 bits per heavy atom. The Morgan fingerprint density at radius 3 is 1.03 bits per heavy atom. The van der Waals surface area contributed by atoms with Crippen molar-refractivity contribution in [2.75, 3.05) is 0 Å². The Bertz CT molecular complexity index is 1710. The van der Waals surface area contributed by atoms with Gasteiger partial charge in [0.25, 0.3) is 0 Å². The zero-order valence-corrected chi connectivity index (χ0v) is 19.3. The highest BCUT2D eigenvalue weighted by Crippen LogP contribution is 2.43. The highest BCUT2D eigenvalue weighted by atomic mass is 16.4. The molecular formula is C30H14O8. The number of fused-ring (bicyclic) bond motifs is 4. The lowest BCUT2D eigenvalue weighted by molar-refractivity contribution is 0.0684. The fraction of sp³-hybridized carbons (Fsp3) is 0. The molecule has 0 heterocycles. The van der Waals surface area contributed by atoms with Crippen LogP contribution in [0.1, 0.15) is 84.4 Å². The summed E-state index contributed by atoms with van der Waals surface area (Å²) >= 11 is 0. The molecule has 0 fully saturated rings.